The maximum absolute atomic E-state index is 4.94. The van der Waals surface area contributed by atoms with Crippen molar-refractivity contribution >= 4 is 5.69 Å². The molecule has 4 fully saturated rings. The smallest absolute Gasteiger partial charge is 0.164 e. The van der Waals surface area contributed by atoms with Crippen LogP contribution < -0.4 is 4.90 Å². The molecule has 4 heteroatoms. The first-order chi connectivity index (χ1) is 16.8. The Balaban J connectivity index is 1.31. The fourth-order valence-corrected chi connectivity index (χ4v) is 6.70. The molecule has 168 valence electrons. The zero-order valence-corrected chi connectivity index (χ0v) is 19.2. The Morgan fingerprint density at radius 3 is 1.50 bits per heavy atom. The number of hydrogen-bond acceptors (Lipinski definition) is 4. The summed E-state index contributed by atoms with van der Waals surface area (Å²) >= 11 is 0. The zero-order valence-electron chi connectivity index (χ0n) is 19.2. The van der Waals surface area contributed by atoms with E-state index in [0.29, 0.717) is 23.7 Å². The predicted molar refractivity (Wildman–Crippen MR) is 136 cm³/mol. The molecule has 2 aliphatic heterocycles. The summed E-state index contributed by atoms with van der Waals surface area (Å²) in [5, 5.41) is 0. The minimum absolute atomic E-state index is 0.699. The van der Waals surface area contributed by atoms with Gasteiger partial charge in [-0.05, 0) is 56.1 Å². The van der Waals surface area contributed by atoms with Crippen molar-refractivity contribution in [1.82, 2.24) is 15.0 Å². The van der Waals surface area contributed by atoms with Crippen LogP contribution in [0.5, 0.6) is 0 Å². The molecule has 2 saturated carbocycles. The molecule has 3 heterocycles. The van der Waals surface area contributed by atoms with E-state index < -0.39 is 0 Å². The highest BCUT2D eigenvalue weighted by atomic mass is 15.2. The van der Waals surface area contributed by atoms with Crippen LogP contribution >= 0.6 is 0 Å². The van der Waals surface area contributed by atoms with Crippen molar-refractivity contribution in [3.63, 3.8) is 0 Å². The summed E-state index contributed by atoms with van der Waals surface area (Å²) in [7, 11) is 0. The Morgan fingerprint density at radius 2 is 0.971 bits per heavy atom. The van der Waals surface area contributed by atoms with Crippen molar-refractivity contribution in [1.29, 1.82) is 0 Å². The molecule has 0 N–H and O–H groups in total. The molecule has 8 rings (SSSR count). The lowest BCUT2D eigenvalue weighted by Crippen LogP contribution is -2.58. The van der Waals surface area contributed by atoms with Crippen LogP contribution in [-0.4, -0.2) is 27.0 Å². The summed E-state index contributed by atoms with van der Waals surface area (Å²) in [6.45, 7) is 0. The van der Waals surface area contributed by atoms with E-state index in [-0.39, 0.29) is 0 Å². The number of rotatable bonds is 4. The van der Waals surface area contributed by atoms with Gasteiger partial charge in [0.05, 0.1) is 0 Å². The summed E-state index contributed by atoms with van der Waals surface area (Å²) in [6, 6.07) is 30.7. The van der Waals surface area contributed by atoms with E-state index in [4.69, 9.17) is 15.0 Å². The van der Waals surface area contributed by atoms with Gasteiger partial charge in [0.15, 0.2) is 17.5 Å². The van der Waals surface area contributed by atoms with Crippen molar-refractivity contribution in [3.8, 4) is 34.2 Å². The largest absolute Gasteiger partial charge is 0.366 e. The van der Waals surface area contributed by atoms with Gasteiger partial charge in [0.25, 0.3) is 0 Å². The Hall–Kier alpha value is -3.53. The number of nitrogens with zero attached hydrogens (tertiary/aromatic N) is 4. The predicted octanol–water partition coefficient (Wildman–Crippen LogP) is 6.64. The highest BCUT2D eigenvalue weighted by Gasteiger charge is 2.46. The average molecular weight is 445 g/mol. The molecule has 4 bridgehead atoms. The van der Waals surface area contributed by atoms with E-state index in [9.17, 15) is 0 Å². The molecular weight excluding hydrogens is 416 g/mol. The Labute approximate surface area is 200 Å². The molecule has 4 aromatic rings. The van der Waals surface area contributed by atoms with Crippen LogP contribution in [0.25, 0.3) is 34.2 Å². The molecule has 0 amide bonds. The fourth-order valence-electron chi connectivity index (χ4n) is 6.70. The second-order valence-electron chi connectivity index (χ2n) is 10.2. The number of piperidine rings is 2. The summed E-state index contributed by atoms with van der Waals surface area (Å²) in [5.74, 6) is 4.06. The van der Waals surface area contributed by atoms with Gasteiger partial charge in [-0.3, -0.25) is 0 Å². The normalized spacial score (nSPS) is 25.0. The molecule has 4 nitrogen and oxygen atoms in total. The van der Waals surface area contributed by atoms with Crippen LogP contribution in [0.4, 0.5) is 5.69 Å². The second kappa shape index (κ2) is 8.05. The van der Waals surface area contributed by atoms with Gasteiger partial charge in [-0.15, -0.1) is 0 Å². The fraction of sp³-hybridized carbons (Fsp3) is 0.300. The van der Waals surface area contributed by atoms with Gasteiger partial charge in [-0.25, -0.2) is 15.0 Å². The minimum atomic E-state index is 0.699. The maximum Gasteiger partial charge on any atom is 0.164 e. The van der Waals surface area contributed by atoms with E-state index in [1.807, 2.05) is 36.4 Å². The summed E-state index contributed by atoms with van der Waals surface area (Å²) in [5.41, 5.74) is 4.39. The Bertz CT molecular complexity index is 1230. The SMILES string of the molecule is c1ccc(-c2nc(-c3ccccc3)nc(-c3cccc(N4C5CC6CC(C5)CC4C6)c3)n2)cc1. The lowest BCUT2D eigenvalue weighted by Gasteiger charge is -2.57. The number of hydrogen-bond donors (Lipinski definition) is 0. The summed E-state index contributed by atoms with van der Waals surface area (Å²) < 4.78 is 0. The monoisotopic (exact) mass is 444 g/mol. The van der Waals surface area contributed by atoms with Gasteiger partial charge < -0.3 is 4.90 Å². The van der Waals surface area contributed by atoms with Gasteiger partial charge >= 0.3 is 0 Å². The molecule has 0 spiro atoms. The van der Waals surface area contributed by atoms with Crippen LogP contribution in [0.1, 0.15) is 32.1 Å². The first-order valence-electron chi connectivity index (χ1n) is 12.6. The molecule has 1 aromatic heterocycles. The topological polar surface area (TPSA) is 41.9 Å². The van der Waals surface area contributed by atoms with E-state index >= 15 is 0 Å². The third-order valence-corrected chi connectivity index (χ3v) is 7.98. The van der Waals surface area contributed by atoms with Crippen LogP contribution in [0, 0.1) is 11.8 Å². The minimum Gasteiger partial charge on any atom is -0.366 e. The molecule has 4 aliphatic rings. The lowest BCUT2D eigenvalue weighted by atomic mass is 9.63. The molecule has 0 atom stereocenters. The zero-order chi connectivity index (χ0) is 22.5. The van der Waals surface area contributed by atoms with Gasteiger partial charge in [0.1, 0.15) is 0 Å². The Morgan fingerprint density at radius 1 is 0.500 bits per heavy atom. The molecular formula is C30H28N4. The summed E-state index contributed by atoms with van der Waals surface area (Å²) in [6.07, 6.45) is 6.91. The maximum atomic E-state index is 4.94. The molecule has 0 radical (unpaired) electrons. The number of aromatic nitrogens is 3. The third kappa shape index (κ3) is 3.49. The average Bonchev–Trinajstić information content (AvgIpc) is 2.89. The molecule has 34 heavy (non-hydrogen) atoms. The highest BCUT2D eigenvalue weighted by molar-refractivity contribution is 5.69. The number of anilines is 1. The van der Waals surface area contributed by atoms with Crippen molar-refractivity contribution in [3.05, 3.63) is 84.9 Å². The van der Waals surface area contributed by atoms with Gasteiger partial charge in [-0.2, -0.15) is 0 Å². The van der Waals surface area contributed by atoms with Crippen LogP contribution in [0.3, 0.4) is 0 Å². The van der Waals surface area contributed by atoms with E-state index in [1.165, 1.54) is 37.8 Å². The van der Waals surface area contributed by atoms with Crippen molar-refractivity contribution in [2.24, 2.45) is 11.8 Å². The van der Waals surface area contributed by atoms with Crippen LogP contribution in [-0.2, 0) is 0 Å². The van der Waals surface area contributed by atoms with E-state index in [1.54, 1.807) is 0 Å². The molecule has 3 aromatic carbocycles. The first-order valence-corrected chi connectivity index (χ1v) is 12.6. The molecule has 2 aliphatic carbocycles. The third-order valence-electron chi connectivity index (χ3n) is 7.98. The van der Waals surface area contributed by atoms with Gasteiger partial charge in [0, 0.05) is 34.5 Å². The van der Waals surface area contributed by atoms with E-state index in [2.05, 4.69) is 53.4 Å². The van der Waals surface area contributed by atoms with Crippen LogP contribution in [0.15, 0.2) is 84.9 Å². The molecule has 0 unspecified atom stereocenters. The highest BCUT2D eigenvalue weighted by Crippen LogP contribution is 2.50. The Kier molecular flexibility index (Phi) is 4.71. The standard InChI is InChI=1S/C30H28N4/c1-3-8-22(9-4-1)28-31-29(23-10-5-2-6-11-23)33-30(32-28)24-12-7-13-25(19-24)34-26-15-20-14-21(17-26)18-27(34)16-20/h1-13,19-21,26-27H,14-18H2. The first kappa shape index (κ1) is 19.9. The van der Waals surface area contributed by atoms with Crippen molar-refractivity contribution in [2.45, 2.75) is 44.2 Å². The van der Waals surface area contributed by atoms with Crippen molar-refractivity contribution in [2.75, 3.05) is 4.90 Å². The quantitative estimate of drug-likeness (QED) is 0.354. The van der Waals surface area contributed by atoms with Crippen LogP contribution in [0.2, 0.25) is 0 Å². The van der Waals surface area contributed by atoms with Gasteiger partial charge in [0.2, 0.25) is 0 Å². The second-order valence-corrected chi connectivity index (χ2v) is 10.2. The molecule has 2 saturated heterocycles. The summed E-state index contributed by atoms with van der Waals surface area (Å²) in [4.78, 5) is 17.4. The number of benzene rings is 3. The lowest BCUT2D eigenvalue weighted by molar-refractivity contribution is 0.0900. The van der Waals surface area contributed by atoms with Crippen molar-refractivity contribution < 1.29 is 0 Å². The van der Waals surface area contributed by atoms with Gasteiger partial charge in [-0.1, -0.05) is 72.8 Å². The van der Waals surface area contributed by atoms with E-state index in [0.717, 1.165) is 34.4 Å².